The van der Waals surface area contributed by atoms with E-state index in [1.807, 2.05) is 30.3 Å². The van der Waals surface area contributed by atoms with Crippen molar-refractivity contribution < 1.29 is 4.74 Å². The van der Waals surface area contributed by atoms with E-state index in [-0.39, 0.29) is 0 Å². The monoisotopic (exact) mass is 415 g/mol. The number of anilines is 1. The topological polar surface area (TPSA) is 55.2 Å². The second-order valence-electron chi connectivity index (χ2n) is 7.35. The molecule has 0 saturated carbocycles. The number of aromatic nitrogens is 3. The normalized spacial score (nSPS) is 11.2. The number of benzene rings is 2. The first-order chi connectivity index (χ1) is 15.2. The van der Waals surface area contributed by atoms with Crippen molar-refractivity contribution in [1.29, 1.82) is 0 Å². The van der Waals surface area contributed by atoms with Crippen molar-refractivity contribution in [2.24, 2.45) is 0 Å². The number of rotatable bonds is 9. The highest BCUT2D eigenvalue weighted by molar-refractivity contribution is 6.02. The molecule has 2 aromatic carbocycles. The highest BCUT2D eigenvalue weighted by Crippen LogP contribution is 2.35. The number of ether oxygens (including phenoxy) is 1. The van der Waals surface area contributed by atoms with E-state index in [0.29, 0.717) is 0 Å². The number of hydrogen-bond acceptors (Lipinski definition) is 5. The number of fused-ring (bicyclic) bond motifs is 1. The minimum absolute atomic E-state index is 0.829. The van der Waals surface area contributed by atoms with Gasteiger partial charge < -0.3 is 19.5 Å². The number of nitrogens with zero attached hydrogens (tertiary/aromatic N) is 4. The van der Waals surface area contributed by atoms with Crippen LogP contribution in [0.5, 0.6) is 5.75 Å². The molecule has 0 fully saturated rings. The van der Waals surface area contributed by atoms with Crippen LogP contribution in [0.25, 0.3) is 27.8 Å². The molecule has 0 aliphatic heterocycles. The van der Waals surface area contributed by atoms with Gasteiger partial charge in [0.2, 0.25) is 0 Å². The van der Waals surface area contributed by atoms with Gasteiger partial charge in [0.25, 0.3) is 0 Å². The van der Waals surface area contributed by atoms with E-state index in [9.17, 15) is 0 Å². The highest BCUT2D eigenvalue weighted by Gasteiger charge is 2.17. The lowest BCUT2D eigenvalue weighted by Crippen LogP contribution is -2.28. The maximum atomic E-state index is 5.32. The van der Waals surface area contributed by atoms with Crippen LogP contribution >= 0.6 is 0 Å². The molecule has 4 rings (SSSR count). The molecule has 2 aromatic heterocycles. The highest BCUT2D eigenvalue weighted by atomic mass is 16.5. The molecule has 31 heavy (non-hydrogen) atoms. The van der Waals surface area contributed by atoms with Gasteiger partial charge in [0.05, 0.1) is 12.5 Å². The van der Waals surface area contributed by atoms with E-state index in [1.54, 1.807) is 13.4 Å². The summed E-state index contributed by atoms with van der Waals surface area (Å²) in [5.74, 6) is 1.69. The van der Waals surface area contributed by atoms with Crippen molar-refractivity contribution in [3.8, 4) is 22.6 Å². The summed E-state index contributed by atoms with van der Waals surface area (Å²) in [5.41, 5.74) is 4.16. The second-order valence-corrected chi connectivity index (χ2v) is 7.35. The molecule has 6 nitrogen and oxygen atoms in total. The molecule has 4 aromatic rings. The van der Waals surface area contributed by atoms with Crippen LogP contribution < -0.4 is 10.1 Å². The smallest absolute Gasteiger partial charge is 0.150 e. The van der Waals surface area contributed by atoms with Crippen molar-refractivity contribution in [2.75, 3.05) is 38.6 Å². The Balaban J connectivity index is 1.79. The number of nitrogens with one attached hydrogen (secondary N) is 1. The Hall–Kier alpha value is -3.38. The Kier molecular flexibility index (Phi) is 6.48. The summed E-state index contributed by atoms with van der Waals surface area (Å²) < 4.78 is 7.44. The molecule has 2 heterocycles. The molecule has 0 saturated heterocycles. The van der Waals surface area contributed by atoms with Gasteiger partial charge in [-0.2, -0.15) is 0 Å². The molecule has 0 aliphatic rings. The molecule has 0 amide bonds. The van der Waals surface area contributed by atoms with E-state index in [0.717, 1.165) is 65.6 Å². The average Bonchev–Trinajstić information content (AvgIpc) is 3.23. The lowest BCUT2D eigenvalue weighted by Gasteiger charge is -2.18. The lowest BCUT2D eigenvalue weighted by molar-refractivity contribution is 0.316. The zero-order chi connectivity index (χ0) is 21.6. The first kappa shape index (κ1) is 20.9. The zero-order valence-corrected chi connectivity index (χ0v) is 18.4. The van der Waals surface area contributed by atoms with E-state index < -0.39 is 0 Å². The van der Waals surface area contributed by atoms with E-state index in [1.165, 1.54) is 0 Å². The van der Waals surface area contributed by atoms with E-state index in [2.05, 4.69) is 69.1 Å². The molecule has 160 valence electrons. The largest absolute Gasteiger partial charge is 0.497 e. The molecule has 6 heteroatoms. The van der Waals surface area contributed by atoms with Gasteiger partial charge in [-0.25, -0.2) is 9.97 Å². The Labute approximate surface area is 183 Å². The van der Waals surface area contributed by atoms with Crippen LogP contribution in [-0.4, -0.2) is 52.7 Å². The Morgan fingerprint density at radius 1 is 0.968 bits per heavy atom. The van der Waals surface area contributed by atoms with Crippen molar-refractivity contribution in [3.63, 3.8) is 0 Å². The van der Waals surface area contributed by atoms with Gasteiger partial charge in [-0.3, -0.25) is 0 Å². The number of methoxy groups -OCH3 is 1. The summed E-state index contributed by atoms with van der Waals surface area (Å²) in [5, 5.41) is 4.59. The molecular formula is C25H29N5O. The molecule has 0 bridgehead atoms. The number of hydrogen-bond donors (Lipinski definition) is 1. The number of likely N-dealkylation sites (N-methyl/N-ethyl adjacent to an activating group) is 1. The second kappa shape index (κ2) is 9.62. The molecule has 0 unspecified atom stereocenters. The van der Waals surface area contributed by atoms with E-state index in [4.69, 9.17) is 4.74 Å². The van der Waals surface area contributed by atoms with Gasteiger partial charge in [0.1, 0.15) is 17.9 Å². The molecule has 1 N–H and O–H groups in total. The van der Waals surface area contributed by atoms with E-state index >= 15 is 0 Å². The van der Waals surface area contributed by atoms with Gasteiger partial charge in [-0.15, -0.1) is 0 Å². The van der Waals surface area contributed by atoms with Crippen LogP contribution in [0, 0.1) is 0 Å². The van der Waals surface area contributed by atoms with Crippen LogP contribution in [0.2, 0.25) is 0 Å². The SMILES string of the molecule is CCN(CC)CCNc1ncnc2c1c(-c1ccccc1)cn2-c1ccc(OC)cc1. The molecule has 0 aliphatic carbocycles. The summed E-state index contributed by atoms with van der Waals surface area (Å²) in [6.07, 6.45) is 3.78. The molecule has 0 radical (unpaired) electrons. The minimum atomic E-state index is 0.829. The first-order valence-electron chi connectivity index (χ1n) is 10.8. The van der Waals surface area contributed by atoms with Crippen LogP contribution in [0.1, 0.15) is 13.8 Å². The van der Waals surface area contributed by atoms with Gasteiger partial charge in [-0.05, 0) is 42.9 Å². The summed E-state index contributed by atoms with van der Waals surface area (Å²) >= 11 is 0. The van der Waals surface area contributed by atoms with Crippen LogP contribution in [0.4, 0.5) is 5.82 Å². The maximum absolute atomic E-state index is 5.32. The Bertz CT molecular complexity index is 1120. The van der Waals surface area contributed by atoms with Crippen molar-refractivity contribution in [3.05, 3.63) is 67.1 Å². The zero-order valence-electron chi connectivity index (χ0n) is 18.4. The minimum Gasteiger partial charge on any atom is -0.497 e. The molecule has 0 atom stereocenters. The van der Waals surface area contributed by atoms with Gasteiger partial charge >= 0.3 is 0 Å². The average molecular weight is 416 g/mol. The summed E-state index contributed by atoms with van der Waals surface area (Å²) in [6, 6.07) is 18.4. The standard InChI is InChI=1S/C25H29N5O/c1-4-29(5-2)16-15-26-24-23-22(19-9-7-6-8-10-19)17-30(25(23)28-18-27-24)20-11-13-21(31-3)14-12-20/h6-14,17-18H,4-5,15-16H2,1-3H3,(H,26,27,28). The van der Waals surface area contributed by atoms with Gasteiger partial charge in [-0.1, -0.05) is 44.2 Å². The van der Waals surface area contributed by atoms with Crippen LogP contribution in [0.15, 0.2) is 67.1 Å². The molecular weight excluding hydrogens is 386 g/mol. The molecule has 0 spiro atoms. The fraction of sp³-hybridized carbons (Fsp3) is 0.280. The third-order valence-electron chi connectivity index (χ3n) is 5.63. The predicted octanol–water partition coefficient (Wildman–Crippen LogP) is 4.85. The van der Waals surface area contributed by atoms with Crippen LogP contribution in [0.3, 0.4) is 0 Å². The van der Waals surface area contributed by atoms with Crippen molar-refractivity contribution in [2.45, 2.75) is 13.8 Å². The lowest BCUT2D eigenvalue weighted by atomic mass is 10.1. The third kappa shape index (κ3) is 4.39. The summed E-state index contributed by atoms with van der Waals surface area (Å²) in [4.78, 5) is 11.6. The van der Waals surface area contributed by atoms with Crippen molar-refractivity contribution >= 4 is 16.9 Å². The fourth-order valence-electron chi connectivity index (χ4n) is 3.84. The van der Waals surface area contributed by atoms with Crippen LogP contribution in [-0.2, 0) is 0 Å². The predicted molar refractivity (Wildman–Crippen MR) is 127 cm³/mol. The Morgan fingerprint density at radius 3 is 2.39 bits per heavy atom. The third-order valence-corrected chi connectivity index (χ3v) is 5.63. The van der Waals surface area contributed by atoms with Gasteiger partial charge in [0.15, 0.2) is 5.65 Å². The summed E-state index contributed by atoms with van der Waals surface area (Å²) in [6.45, 7) is 8.26. The summed E-state index contributed by atoms with van der Waals surface area (Å²) in [7, 11) is 1.68. The fourth-order valence-corrected chi connectivity index (χ4v) is 3.84. The first-order valence-corrected chi connectivity index (χ1v) is 10.8. The van der Waals surface area contributed by atoms with Gasteiger partial charge in [0, 0.05) is 30.5 Å². The quantitative estimate of drug-likeness (QED) is 0.423. The Morgan fingerprint density at radius 2 is 1.71 bits per heavy atom. The van der Waals surface area contributed by atoms with Crippen molar-refractivity contribution in [1.82, 2.24) is 19.4 Å². The maximum Gasteiger partial charge on any atom is 0.150 e.